The summed E-state index contributed by atoms with van der Waals surface area (Å²) in [6.07, 6.45) is 0. The molecular formula is C17H21NO3. The van der Waals surface area contributed by atoms with Gasteiger partial charge in [0, 0.05) is 17.8 Å². The molecule has 0 aliphatic rings. The zero-order valence-electron chi connectivity index (χ0n) is 12.9. The smallest absolute Gasteiger partial charge is 0.160 e. The van der Waals surface area contributed by atoms with Crippen LogP contribution in [-0.4, -0.2) is 19.3 Å². The van der Waals surface area contributed by atoms with Crippen molar-refractivity contribution >= 4 is 5.69 Å². The Balaban J connectivity index is 2.17. The van der Waals surface area contributed by atoms with Crippen molar-refractivity contribution in [3.63, 3.8) is 0 Å². The fraction of sp³-hybridized carbons (Fsp3) is 0.294. The van der Waals surface area contributed by atoms with Crippen molar-refractivity contribution in [2.24, 2.45) is 0 Å². The van der Waals surface area contributed by atoms with E-state index in [1.807, 2.05) is 38.1 Å². The molecule has 2 N–H and O–H groups in total. The zero-order chi connectivity index (χ0) is 15.4. The Morgan fingerprint density at radius 1 is 1.05 bits per heavy atom. The highest BCUT2D eigenvalue weighted by atomic mass is 16.5. The normalized spacial score (nSPS) is 10.3. The van der Waals surface area contributed by atoms with Crippen molar-refractivity contribution in [2.75, 3.05) is 19.5 Å². The van der Waals surface area contributed by atoms with E-state index >= 15 is 0 Å². The molecule has 4 heteroatoms. The molecule has 0 unspecified atom stereocenters. The quantitative estimate of drug-likeness (QED) is 0.881. The number of ether oxygens (including phenoxy) is 2. The van der Waals surface area contributed by atoms with Crippen LogP contribution in [0.2, 0.25) is 0 Å². The summed E-state index contributed by atoms with van der Waals surface area (Å²) >= 11 is 0. The van der Waals surface area contributed by atoms with Crippen LogP contribution >= 0.6 is 0 Å². The highest BCUT2D eigenvalue weighted by Gasteiger charge is 2.08. The van der Waals surface area contributed by atoms with Crippen molar-refractivity contribution < 1.29 is 14.6 Å². The number of anilines is 1. The molecule has 0 heterocycles. The van der Waals surface area contributed by atoms with Gasteiger partial charge in [-0.3, -0.25) is 0 Å². The van der Waals surface area contributed by atoms with E-state index in [1.54, 1.807) is 20.3 Å². The molecule has 0 aliphatic carbocycles. The Morgan fingerprint density at radius 2 is 1.81 bits per heavy atom. The maximum atomic E-state index is 9.60. The van der Waals surface area contributed by atoms with Crippen molar-refractivity contribution in [2.45, 2.75) is 20.4 Å². The van der Waals surface area contributed by atoms with Crippen LogP contribution in [0.3, 0.4) is 0 Å². The average Bonchev–Trinajstić information content (AvgIpc) is 2.48. The van der Waals surface area contributed by atoms with E-state index in [9.17, 15) is 5.11 Å². The average molecular weight is 287 g/mol. The molecule has 0 amide bonds. The van der Waals surface area contributed by atoms with Crippen molar-refractivity contribution in [1.29, 1.82) is 0 Å². The van der Waals surface area contributed by atoms with E-state index in [2.05, 4.69) is 5.32 Å². The number of rotatable bonds is 5. The van der Waals surface area contributed by atoms with Gasteiger partial charge in [0.2, 0.25) is 0 Å². The Hall–Kier alpha value is -2.36. The second-order valence-electron chi connectivity index (χ2n) is 4.95. The van der Waals surface area contributed by atoms with Gasteiger partial charge in [-0.05, 0) is 43.2 Å². The first-order valence-corrected chi connectivity index (χ1v) is 6.80. The Kier molecular flexibility index (Phi) is 4.58. The Bertz CT molecular complexity index is 638. The summed E-state index contributed by atoms with van der Waals surface area (Å²) in [5.74, 6) is 1.53. The Labute approximate surface area is 125 Å². The standard InChI is InChI=1S/C17H21NO3/c1-11-5-7-14(12(2)17(11)21-4)18-10-13-6-8-15(19)16(9-13)20-3/h5-9,18-19H,10H2,1-4H3. The molecule has 0 aliphatic heterocycles. The molecule has 2 aromatic rings. The van der Waals surface area contributed by atoms with Gasteiger partial charge in [-0.25, -0.2) is 0 Å². The monoisotopic (exact) mass is 287 g/mol. The predicted octanol–water partition coefficient (Wildman–Crippen LogP) is 3.64. The molecule has 2 aromatic carbocycles. The van der Waals surface area contributed by atoms with Gasteiger partial charge in [0.1, 0.15) is 5.75 Å². The van der Waals surface area contributed by atoms with Crippen LogP contribution in [-0.2, 0) is 6.54 Å². The lowest BCUT2D eigenvalue weighted by atomic mass is 10.1. The number of hydrogen-bond donors (Lipinski definition) is 2. The van der Waals surface area contributed by atoms with E-state index in [0.717, 1.165) is 28.1 Å². The van der Waals surface area contributed by atoms with Crippen molar-refractivity contribution in [1.82, 2.24) is 0 Å². The van der Waals surface area contributed by atoms with Crippen LogP contribution < -0.4 is 14.8 Å². The van der Waals surface area contributed by atoms with Crippen LogP contribution in [0.25, 0.3) is 0 Å². The molecule has 0 bridgehead atoms. The first-order valence-electron chi connectivity index (χ1n) is 6.80. The van der Waals surface area contributed by atoms with E-state index in [1.165, 1.54) is 0 Å². The lowest BCUT2D eigenvalue weighted by molar-refractivity contribution is 0.373. The summed E-state index contributed by atoms with van der Waals surface area (Å²) in [5.41, 5.74) is 4.27. The van der Waals surface area contributed by atoms with Crippen LogP contribution in [0, 0.1) is 13.8 Å². The lowest BCUT2D eigenvalue weighted by Crippen LogP contribution is -2.03. The molecule has 112 valence electrons. The van der Waals surface area contributed by atoms with Crippen LogP contribution in [0.15, 0.2) is 30.3 Å². The van der Waals surface area contributed by atoms with Crippen molar-refractivity contribution in [3.05, 3.63) is 47.0 Å². The highest BCUT2D eigenvalue weighted by Crippen LogP contribution is 2.30. The molecule has 2 rings (SSSR count). The van der Waals surface area contributed by atoms with E-state index < -0.39 is 0 Å². The fourth-order valence-corrected chi connectivity index (χ4v) is 2.36. The maximum Gasteiger partial charge on any atom is 0.160 e. The fourth-order valence-electron chi connectivity index (χ4n) is 2.36. The van der Waals surface area contributed by atoms with E-state index in [-0.39, 0.29) is 5.75 Å². The number of nitrogens with one attached hydrogen (secondary N) is 1. The van der Waals surface area contributed by atoms with Crippen molar-refractivity contribution in [3.8, 4) is 17.2 Å². The van der Waals surface area contributed by atoms with Crippen LogP contribution in [0.5, 0.6) is 17.2 Å². The number of hydrogen-bond acceptors (Lipinski definition) is 4. The largest absolute Gasteiger partial charge is 0.504 e. The van der Waals surface area contributed by atoms with Gasteiger partial charge in [0.05, 0.1) is 14.2 Å². The summed E-state index contributed by atoms with van der Waals surface area (Å²) in [6.45, 7) is 4.70. The third-order valence-corrected chi connectivity index (χ3v) is 3.53. The van der Waals surface area contributed by atoms with Crippen LogP contribution in [0.1, 0.15) is 16.7 Å². The number of aryl methyl sites for hydroxylation is 1. The minimum Gasteiger partial charge on any atom is -0.504 e. The summed E-state index contributed by atoms with van der Waals surface area (Å²) in [6, 6.07) is 9.41. The SMILES string of the molecule is COc1cc(CNc2ccc(C)c(OC)c2C)ccc1O. The minimum absolute atomic E-state index is 0.148. The number of phenols is 1. The van der Waals surface area contributed by atoms with Gasteiger partial charge < -0.3 is 19.9 Å². The summed E-state index contributed by atoms with van der Waals surface area (Å²) in [7, 11) is 3.23. The summed E-state index contributed by atoms with van der Waals surface area (Å²) in [4.78, 5) is 0. The Morgan fingerprint density at radius 3 is 2.48 bits per heavy atom. The van der Waals surface area contributed by atoms with Crippen LogP contribution in [0.4, 0.5) is 5.69 Å². The molecule has 21 heavy (non-hydrogen) atoms. The van der Waals surface area contributed by atoms with E-state index in [4.69, 9.17) is 9.47 Å². The predicted molar refractivity (Wildman–Crippen MR) is 84.5 cm³/mol. The second-order valence-corrected chi connectivity index (χ2v) is 4.95. The number of methoxy groups -OCH3 is 2. The second kappa shape index (κ2) is 6.39. The topological polar surface area (TPSA) is 50.7 Å². The third-order valence-electron chi connectivity index (χ3n) is 3.53. The van der Waals surface area contributed by atoms with Gasteiger partial charge >= 0.3 is 0 Å². The molecule has 0 spiro atoms. The van der Waals surface area contributed by atoms with Gasteiger partial charge in [-0.2, -0.15) is 0 Å². The summed E-state index contributed by atoms with van der Waals surface area (Å²) in [5, 5.41) is 13.0. The zero-order valence-corrected chi connectivity index (χ0v) is 12.9. The van der Waals surface area contributed by atoms with Gasteiger partial charge in [0.25, 0.3) is 0 Å². The third kappa shape index (κ3) is 3.21. The molecule has 0 atom stereocenters. The molecule has 0 aromatic heterocycles. The minimum atomic E-state index is 0.148. The summed E-state index contributed by atoms with van der Waals surface area (Å²) < 4.78 is 10.5. The van der Waals surface area contributed by atoms with Gasteiger partial charge in [-0.1, -0.05) is 12.1 Å². The van der Waals surface area contributed by atoms with E-state index in [0.29, 0.717) is 12.3 Å². The molecular weight excluding hydrogens is 266 g/mol. The number of phenolic OH excluding ortho intramolecular Hbond substituents is 1. The maximum absolute atomic E-state index is 9.60. The molecule has 0 fully saturated rings. The van der Waals surface area contributed by atoms with Gasteiger partial charge in [0.15, 0.2) is 11.5 Å². The molecule has 0 radical (unpaired) electrons. The number of aromatic hydroxyl groups is 1. The lowest BCUT2D eigenvalue weighted by Gasteiger charge is -2.15. The highest BCUT2D eigenvalue weighted by molar-refractivity contribution is 5.60. The molecule has 0 saturated carbocycles. The van der Waals surface area contributed by atoms with Gasteiger partial charge in [-0.15, -0.1) is 0 Å². The first kappa shape index (κ1) is 15.0. The molecule has 4 nitrogen and oxygen atoms in total. The first-order chi connectivity index (χ1) is 10.1. The number of benzene rings is 2. The molecule has 0 saturated heterocycles.